The molecule has 1 fully saturated rings. The Labute approximate surface area is 106 Å². The molecule has 2 rings (SSSR count). The Morgan fingerprint density at radius 2 is 2.17 bits per heavy atom. The molecule has 1 aromatic rings. The molecule has 3 unspecified atom stereocenters. The van der Waals surface area contributed by atoms with Crippen LogP contribution in [0.4, 0.5) is 5.69 Å². The fourth-order valence-electron chi connectivity index (χ4n) is 2.49. The van der Waals surface area contributed by atoms with E-state index in [2.05, 4.69) is 0 Å². The lowest BCUT2D eigenvalue weighted by Gasteiger charge is -2.21. The van der Waals surface area contributed by atoms with Gasteiger partial charge >= 0.3 is 0 Å². The standard InChI is InChI=1S/C13H18N2O3/c1-9-12(6-7-18-9)13(14)8-10-2-4-11(5-3-10)15(16)17/h2-5,9,12-13H,6-8,14H2,1H3. The first-order valence-electron chi connectivity index (χ1n) is 6.18. The largest absolute Gasteiger partial charge is 0.378 e. The van der Waals surface area contributed by atoms with E-state index < -0.39 is 4.92 Å². The number of nitrogens with zero attached hydrogens (tertiary/aromatic N) is 1. The van der Waals surface area contributed by atoms with Crippen molar-refractivity contribution in [3.8, 4) is 0 Å². The van der Waals surface area contributed by atoms with Crippen LogP contribution in [0, 0.1) is 16.0 Å². The molecule has 0 radical (unpaired) electrons. The van der Waals surface area contributed by atoms with Crippen molar-refractivity contribution in [2.75, 3.05) is 6.61 Å². The van der Waals surface area contributed by atoms with E-state index in [4.69, 9.17) is 10.5 Å². The molecule has 1 aliphatic heterocycles. The van der Waals surface area contributed by atoms with E-state index in [0.717, 1.165) is 25.0 Å². The summed E-state index contributed by atoms with van der Waals surface area (Å²) < 4.78 is 5.51. The van der Waals surface area contributed by atoms with Gasteiger partial charge in [-0.3, -0.25) is 10.1 Å². The van der Waals surface area contributed by atoms with Crippen molar-refractivity contribution in [1.82, 2.24) is 0 Å². The minimum absolute atomic E-state index is 0.0453. The average molecular weight is 250 g/mol. The first-order chi connectivity index (χ1) is 8.58. The normalized spacial score (nSPS) is 25.0. The second-order valence-electron chi connectivity index (χ2n) is 4.82. The van der Waals surface area contributed by atoms with Crippen LogP contribution in [0.2, 0.25) is 0 Å². The van der Waals surface area contributed by atoms with E-state index in [9.17, 15) is 10.1 Å². The van der Waals surface area contributed by atoms with Crippen LogP contribution < -0.4 is 5.73 Å². The fourth-order valence-corrected chi connectivity index (χ4v) is 2.49. The molecular weight excluding hydrogens is 232 g/mol. The molecule has 1 aromatic carbocycles. The van der Waals surface area contributed by atoms with Crippen molar-refractivity contribution >= 4 is 5.69 Å². The first kappa shape index (κ1) is 13.0. The zero-order valence-corrected chi connectivity index (χ0v) is 10.4. The van der Waals surface area contributed by atoms with Gasteiger partial charge in [0.2, 0.25) is 0 Å². The van der Waals surface area contributed by atoms with E-state index in [-0.39, 0.29) is 17.8 Å². The van der Waals surface area contributed by atoms with Crippen LogP contribution in [-0.2, 0) is 11.2 Å². The molecule has 2 N–H and O–H groups in total. The molecular formula is C13H18N2O3. The number of benzene rings is 1. The second-order valence-corrected chi connectivity index (χ2v) is 4.82. The number of nitro groups is 1. The van der Waals surface area contributed by atoms with E-state index in [1.807, 2.05) is 6.92 Å². The zero-order chi connectivity index (χ0) is 13.1. The zero-order valence-electron chi connectivity index (χ0n) is 10.4. The van der Waals surface area contributed by atoms with Crippen LogP contribution in [0.1, 0.15) is 18.9 Å². The summed E-state index contributed by atoms with van der Waals surface area (Å²) >= 11 is 0. The summed E-state index contributed by atoms with van der Waals surface area (Å²) in [6.07, 6.45) is 1.93. The molecule has 1 heterocycles. The molecule has 1 aliphatic rings. The highest BCUT2D eigenvalue weighted by molar-refractivity contribution is 5.33. The number of nitrogens with two attached hydrogens (primary N) is 1. The summed E-state index contributed by atoms with van der Waals surface area (Å²) in [7, 11) is 0. The SMILES string of the molecule is CC1OCCC1C(N)Cc1ccc([N+](=O)[O-])cc1. The van der Waals surface area contributed by atoms with Gasteiger partial charge in [-0.2, -0.15) is 0 Å². The van der Waals surface area contributed by atoms with Crippen molar-refractivity contribution < 1.29 is 9.66 Å². The van der Waals surface area contributed by atoms with E-state index in [0.29, 0.717) is 5.92 Å². The van der Waals surface area contributed by atoms with Crippen molar-refractivity contribution in [2.24, 2.45) is 11.7 Å². The molecule has 5 nitrogen and oxygen atoms in total. The fraction of sp³-hybridized carbons (Fsp3) is 0.538. The average Bonchev–Trinajstić information content (AvgIpc) is 2.76. The van der Waals surface area contributed by atoms with Gasteiger partial charge in [0.05, 0.1) is 11.0 Å². The number of hydrogen-bond donors (Lipinski definition) is 1. The summed E-state index contributed by atoms with van der Waals surface area (Å²) in [5.74, 6) is 0.375. The quantitative estimate of drug-likeness (QED) is 0.653. The third-order valence-corrected chi connectivity index (χ3v) is 3.60. The molecule has 3 atom stereocenters. The minimum Gasteiger partial charge on any atom is -0.378 e. The molecule has 5 heteroatoms. The smallest absolute Gasteiger partial charge is 0.269 e. The summed E-state index contributed by atoms with van der Waals surface area (Å²) in [5.41, 5.74) is 7.34. The highest BCUT2D eigenvalue weighted by Crippen LogP contribution is 2.25. The van der Waals surface area contributed by atoms with Gasteiger partial charge in [-0.25, -0.2) is 0 Å². The van der Waals surface area contributed by atoms with E-state index in [1.54, 1.807) is 12.1 Å². The van der Waals surface area contributed by atoms with E-state index in [1.165, 1.54) is 12.1 Å². The highest BCUT2D eigenvalue weighted by Gasteiger charge is 2.29. The molecule has 0 bridgehead atoms. The van der Waals surface area contributed by atoms with Crippen molar-refractivity contribution in [2.45, 2.75) is 31.9 Å². The van der Waals surface area contributed by atoms with Crippen LogP contribution in [0.15, 0.2) is 24.3 Å². The van der Waals surface area contributed by atoms with E-state index >= 15 is 0 Å². The number of hydrogen-bond acceptors (Lipinski definition) is 4. The summed E-state index contributed by atoms with van der Waals surface area (Å²) in [6, 6.07) is 6.65. The Kier molecular flexibility index (Phi) is 3.93. The van der Waals surface area contributed by atoms with Crippen LogP contribution >= 0.6 is 0 Å². The van der Waals surface area contributed by atoms with Crippen molar-refractivity contribution in [1.29, 1.82) is 0 Å². The highest BCUT2D eigenvalue weighted by atomic mass is 16.6. The molecule has 0 saturated carbocycles. The number of nitro benzene ring substituents is 1. The van der Waals surface area contributed by atoms with Gasteiger partial charge in [-0.1, -0.05) is 12.1 Å². The van der Waals surface area contributed by atoms with Gasteiger partial charge < -0.3 is 10.5 Å². The summed E-state index contributed by atoms with van der Waals surface area (Å²) in [6.45, 7) is 2.83. The Morgan fingerprint density at radius 3 is 2.67 bits per heavy atom. The Bertz CT molecular complexity index is 419. The summed E-state index contributed by atoms with van der Waals surface area (Å²) in [5, 5.41) is 10.6. The summed E-state index contributed by atoms with van der Waals surface area (Å²) in [4.78, 5) is 10.2. The van der Waals surface area contributed by atoms with Crippen LogP contribution in [0.3, 0.4) is 0 Å². The van der Waals surface area contributed by atoms with Gasteiger partial charge in [0.15, 0.2) is 0 Å². The molecule has 1 saturated heterocycles. The molecule has 0 aliphatic carbocycles. The maximum atomic E-state index is 10.6. The second kappa shape index (κ2) is 5.46. The van der Waals surface area contributed by atoms with Crippen LogP contribution in [0.5, 0.6) is 0 Å². The van der Waals surface area contributed by atoms with Gasteiger partial charge in [0, 0.05) is 30.7 Å². The van der Waals surface area contributed by atoms with Crippen molar-refractivity contribution in [3.05, 3.63) is 39.9 Å². The number of ether oxygens (including phenoxy) is 1. The first-order valence-corrected chi connectivity index (χ1v) is 6.18. The molecule has 0 aromatic heterocycles. The molecule has 18 heavy (non-hydrogen) atoms. The van der Waals surface area contributed by atoms with Crippen LogP contribution in [0.25, 0.3) is 0 Å². The lowest BCUT2D eigenvalue weighted by atomic mass is 9.89. The molecule has 0 spiro atoms. The minimum atomic E-state index is -0.392. The predicted molar refractivity (Wildman–Crippen MR) is 68.3 cm³/mol. The third-order valence-electron chi connectivity index (χ3n) is 3.60. The molecule has 98 valence electrons. The van der Waals surface area contributed by atoms with Gasteiger partial charge in [-0.15, -0.1) is 0 Å². The number of rotatable bonds is 4. The number of non-ortho nitro benzene ring substituents is 1. The third kappa shape index (κ3) is 2.86. The maximum Gasteiger partial charge on any atom is 0.269 e. The van der Waals surface area contributed by atoms with Crippen LogP contribution in [-0.4, -0.2) is 23.7 Å². The van der Waals surface area contributed by atoms with Gasteiger partial charge in [-0.05, 0) is 25.3 Å². The van der Waals surface area contributed by atoms with Gasteiger partial charge in [0.25, 0.3) is 5.69 Å². The van der Waals surface area contributed by atoms with Gasteiger partial charge in [0.1, 0.15) is 0 Å². The lowest BCUT2D eigenvalue weighted by molar-refractivity contribution is -0.384. The Balaban J connectivity index is 1.98. The Hall–Kier alpha value is -1.46. The predicted octanol–water partition coefficient (Wildman–Crippen LogP) is 1.89. The Morgan fingerprint density at radius 1 is 1.50 bits per heavy atom. The lowest BCUT2D eigenvalue weighted by Crippen LogP contribution is -2.36. The monoisotopic (exact) mass is 250 g/mol. The molecule has 0 amide bonds. The van der Waals surface area contributed by atoms with Crippen molar-refractivity contribution in [3.63, 3.8) is 0 Å². The topological polar surface area (TPSA) is 78.4 Å². The maximum absolute atomic E-state index is 10.6.